The van der Waals surface area contributed by atoms with Crippen LogP contribution in [0.2, 0.25) is 0 Å². The van der Waals surface area contributed by atoms with Crippen LogP contribution in [-0.4, -0.2) is 17.8 Å². The minimum atomic E-state index is -0.233. The van der Waals surface area contributed by atoms with Crippen molar-refractivity contribution in [3.8, 4) is 0 Å². The van der Waals surface area contributed by atoms with E-state index in [4.69, 9.17) is 10.8 Å². The molecule has 0 radical (unpaired) electrons. The molecule has 3 heteroatoms. The van der Waals surface area contributed by atoms with E-state index >= 15 is 0 Å². The van der Waals surface area contributed by atoms with Crippen molar-refractivity contribution < 1.29 is 5.11 Å². The number of nitrogens with two attached hydrogens (primary N) is 1. The quantitative estimate of drug-likeness (QED) is 0.663. The van der Waals surface area contributed by atoms with Crippen LogP contribution in [-0.2, 0) is 0 Å². The van der Waals surface area contributed by atoms with Gasteiger partial charge in [0.15, 0.2) is 0 Å². The molecule has 0 aromatic heterocycles. The van der Waals surface area contributed by atoms with Crippen LogP contribution in [0.3, 0.4) is 0 Å². The maximum absolute atomic E-state index is 8.96. The first-order valence-electron chi connectivity index (χ1n) is 3.36. The van der Waals surface area contributed by atoms with E-state index in [0.29, 0.717) is 6.54 Å². The Balaban J connectivity index is 0. The van der Waals surface area contributed by atoms with E-state index in [0.717, 1.165) is 6.42 Å². The van der Waals surface area contributed by atoms with E-state index in [-0.39, 0.29) is 23.9 Å². The van der Waals surface area contributed by atoms with Crippen molar-refractivity contribution >= 4 is 12.4 Å². The Morgan fingerprint density at radius 1 is 1.50 bits per heavy atom. The molecule has 64 valence electrons. The lowest BCUT2D eigenvalue weighted by atomic mass is 9.87. The first kappa shape index (κ1) is 12.8. The minimum absolute atomic E-state index is 0. The summed E-state index contributed by atoms with van der Waals surface area (Å²) in [6, 6.07) is 0. The van der Waals surface area contributed by atoms with Gasteiger partial charge in [-0.25, -0.2) is 0 Å². The fourth-order valence-electron chi connectivity index (χ4n) is 0.883. The summed E-state index contributed by atoms with van der Waals surface area (Å²) < 4.78 is 0. The normalized spacial score (nSPS) is 14.1. The molecule has 0 amide bonds. The summed E-state index contributed by atoms with van der Waals surface area (Å²) in [6.07, 6.45) is 0.548. The second-order valence-electron chi connectivity index (χ2n) is 3.42. The van der Waals surface area contributed by atoms with Gasteiger partial charge in [0.05, 0.1) is 6.10 Å². The van der Waals surface area contributed by atoms with Crippen molar-refractivity contribution in [3.05, 3.63) is 0 Å². The predicted molar refractivity (Wildman–Crippen MR) is 46.4 cm³/mol. The highest BCUT2D eigenvalue weighted by molar-refractivity contribution is 5.85. The SMILES string of the molecule is CC(O)CC(C)(C)CN.Cl. The number of hydrogen-bond donors (Lipinski definition) is 2. The lowest BCUT2D eigenvalue weighted by Crippen LogP contribution is -2.27. The maximum atomic E-state index is 8.96. The van der Waals surface area contributed by atoms with Crippen LogP contribution >= 0.6 is 12.4 Å². The van der Waals surface area contributed by atoms with E-state index in [2.05, 4.69) is 13.8 Å². The highest BCUT2D eigenvalue weighted by Crippen LogP contribution is 2.19. The van der Waals surface area contributed by atoms with Gasteiger partial charge in [-0.15, -0.1) is 12.4 Å². The molecular formula is C7H18ClNO. The maximum Gasteiger partial charge on any atom is 0.0517 e. The zero-order chi connectivity index (χ0) is 7.49. The summed E-state index contributed by atoms with van der Waals surface area (Å²) in [5.41, 5.74) is 5.53. The van der Waals surface area contributed by atoms with Crippen LogP contribution in [0.4, 0.5) is 0 Å². The van der Waals surface area contributed by atoms with Crippen LogP contribution < -0.4 is 5.73 Å². The van der Waals surface area contributed by atoms with Crippen LogP contribution in [0.15, 0.2) is 0 Å². The van der Waals surface area contributed by atoms with Gasteiger partial charge in [0.1, 0.15) is 0 Å². The molecule has 0 aliphatic rings. The zero-order valence-corrected chi connectivity index (χ0v) is 7.74. The molecule has 2 nitrogen and oxygen atoms in total. The lowest BCUT2D eigenvalue weighted by molar-refractivity contribution is 0.133. The van der Waals surface area contributed by atoms with Crippen molar-refractivity contribution in [1.29, 1.82) is 0 Å². The minimum Gasteiger partial charge on any atom is -0.393 e. The molecule has 0 bridgehead atoms. The summed E-state index contributed by atoms with van der Waals surface area (Å²) >= 11 is 0. The standard InChI is InChI=1S/C7H17NO.ClH/c1-6(9)4-7(2,3)5-8;/h6,9H,4-5,8H2,1-3H3;1H. The van der Waals surface area contributed by atoms with Crippen LogP contribution in [0, 0.1) is 5.41 Å². The number of halogens is 1. The Morgan fingerprint density at radius 2 is 1.90 bits per heavy atom. The van der Waals surface area contributed by atoms with Crippen molar-refractivity contribution in [2.45, 2.75) is 33.3 Å². The second-order valence-corrected chi connectivity index (χ2v) is 3.42. The second kappa shape index (κ2) is 4.94. The first-order chi connectivity index (χ1) is 3.98. The molecule has 0 rings (SSSR count). The Morgan fingerprint density at radius 3 is 2.00 bits per heavy atom. The third-order valence-corrected chi connectivity index (χ3v) is 1.40. The molecule has 0 aromatic rings. The number of aliphatic hydroxyl groups excluding tert-OH is 1. The fraction of sp³-hybridized carbons (Fsp3) is 1.00. The first-order valence-corrected chi connectivity index (χ1v) is 3.36. The number of aliphatic hydroxyl groups is 1. The molecule has 1 unspecified atom stereocenters. The molecule has 0 aliphatic carbocycles. The highest BCUT2D eigenvalue weighted by atomic mass is 35.5. The van der Waals surface area contributed by atoms with E-state index in [9.17, 15) is 0 Å². The molecule has 0 saturated carbocycles. The van der Waals surface area contributed by atoms with Gasteiger partial charge in [0, 0.05) is 0 Å². The molecule has 1 atom stereocenters. The molecule has 0 spiro atoms. The van der Waals surface area contributed by atoms with Gasteiger partial charge < -0.3 is 10.8 Å². The van der Waals surface area contributed by atoms with Crippen LogP contribution in [0.5, 0.6) is 0 Å². The highest BCUT2D eigenvalue weighted by Gasteiger charge is 2.17. The number of hydrogen-bond acceptors (Lipinski definition) is 2. The van der Waals surface area contributed by atoms with Crippen LogP contribution in [0.1, 0.15) is 27.2 Å². The molecule has 0 fully saturated rings. The van der Waals surface area contributed by atoms with E-state index in [1.54, 1.807) is 6.92 Å². The van der Waals surface area contributed by atoms with E-state index in [1.165, 1.54) is 0 Å². The molecule has 3 N–H and O–H groups in total. The number of rotatable bonds is 3. The van der Waals surface area contributed by atoms with Gasteiger partial charge in [-0.05, 0) is 25.3 Å². The monoisotopic (exact) mass is 167 g/mol. The predicted octanol–water partition coefficient (Wildman–Crippen LogP) is 1.16. The Kier molecular flexibility index (Phi) is 6.35. The average Bonchev–Trinajstić information content (AvgIpc) is 1.63. The van der Waals surface area contributed by atoms with E-state index in [1.807, 2.05) is 0 Å². The van der Waals surface area contributed by atoms with Crippen molar-refractivity contribution in [3.63, 3.8) is 0 Å². The van der Waals surface area contributed by atoms with Crippen LogP contribution in [0.25, 0.3) is 0 Å². The summed E-state index contributed by atoms with van der Waals surface area (Å²) in [6.45, 7) is 6.54. The van der Waals surface area contributed by atoms with E-state index < -0.39 is 0 Å². The van der Waals surface area contributed by atoms with Crippen molar-refractivity contribution in [1.82, 2.24) is 0 Å². The summed E-state index contributed by atoms with van der Waals surface area (Å²) in [5.74, 6) is 0. The smallest absolute Gasteiger partial charge is 0.0517 e. The molecule has 0 heterocycles. The summed E-state index contributed by atoms with van der Waals surface area (Å²) in [7, 11) is 0. The lowest BCUT2D eigenvalue weighted by Gasteiger charge is -2.23. The molecule has 0 aromatic carbocycles. The zero-order valence-electron chi connectivity index (χ0n) is 6.92. The topological polar surface area (TPSA) is 46.2 Å². The Hall–Kier alpha value is 0.210. The largest absolute Gasteiger partial charge is 0.393 e. The van der Waals surface area contributed by atoms with Gasteiger partial charge in [0.25, 0.3) is 0 Å². The third kappa shape index (κ3) is 6.33. The van der Waals surface area contributed by atoms with Gasteiger partial charge >= 0.3 is 0 Å². The molecule has 10 heavy (non-hydrogen) atoms. The van der Waals surface area contributed by atoms with Crippen molar-refractivity contribution in [2.24, 2.45) is 11.1 Å². The van der Waals surface area contributed by atoms with Gasteiger partial charge in [-0.1, -0.05) is 13.8 Å². The van der Waals surface area contributed by atoms with Crippen molar-refractivity contribution in [2.75, 3.05) is 6.54 Å². The Bertz CT molecular complexity index is 83.7. The molecular weight excluding hydrogens is 150 g/mol. The molecule has 0 saturated heterocycles. The van der Waals surface area contributed by atoms with Gasteiger partial charge in [-0.2, -0.15) is 0 Å². The average molecular weight is 168 g/mol. The fourth-order valence-corrected chi connectivity index (χ4v) is 0.883. The Labute approximate surface area is 69.2 Å². The third-order valence-electron chi connectivity index (χ3n) is 1.40. The van der Waals surface area contributed by atoms with Gasteiger partial charge in [-0.3, -0.25) is 0 Å². The summed E-state index contributed by atoms with van der Waals surface area (Å²) in [4.78, 5) is 0. The van der Waals surface area contributed by atoms with Gasteiger partial charge in [0.2, 0.25) is 0 Å². The summed E-state index contributed by atoms with van der Waals surface area (Å²) in [5, 5.41) is 8.96. The molecule has 0 aliphatic heterocycles.